The molecule has 2 N–H and O–H groups in total. The molecule has 0 atom stereocenters. The fourth-order valence-electron chi connectivity index (χ4n) is 2.09. The van der Waals surface area contributed by atoms with Crippen molar-refractivity contribution in [3.05, 3.63) is 29.1 Å². The van der Waals surface area contributed by atoms with E-state index in [9.17, 15) is 4.79 Å². The number of rotatable bonds is 7. The van der Waals surface area contributed by atoms with Crippen molar-refractivity contribution in [2.24, 2.45) is 0 Å². The van der Waals surface area contributed by atoms with Gasteiger partial charge < -0.3 is 20.1 Å². The van der Waals surface area contributed by atoms with Crippen molar-refractivity contribution in [1.29, 1.82) is 0 Å². The van der Waals surface area contributed by atoms with E-state index in [0.717, 1.165) is 10.1 Å². The van der Waals surface area contributed by atoms with Gasteiger partial charge in [-0.2, -0.15) is 0 Å². The highest BCUT2D eigenvalue weighted by Crippen LogP contribution is 2.34. The summed E-state index contributed by atoms with van der Waals surface area (Å²) < 4.78 is 11.2. The van der Waals surface area contributed by atoms with Crippen molar-refractivity contribution in [2.45, 2.75) is 0 Å². The molecule has 0 fully saturated rings. The lowest BCUT2D eigenvalue weighted by Gasteiger charge is -2.21. The van der Waals surface area contributed by atoms with Crippen molar-refractivity contribution in [3.8, 4) is 0 Å². The number of nitrogen functional groups attached to an aromatic ring is 1. The molecule has 5 nitrogen and oxygen atoms in total. The predicted molar refractivity (Wildman–Crippen MR) is 85.9 cm³/mol. The van der Waals surface area contributed by atoms with E-state index in [-0.39, 0.29) is 5.91 Å². The van der Waals surface area contributed by atoms with Crippen LogP contribution in [-0.4, -0.2) is 51.3 Å². The number of benzene rings is 1. The average molecular weight is 308 g/mol. The molecule has 0 saturated heterocycles. The van der Waals surface area contributed by atoms with Crippen LogP contribution in [0.5, 0.6) is 0 Å². The monoisotopic (exact) mass is 308 g/mol. The predicted octanol–water partition coefficient (Wildman–Crippen LogP) is 2.22. The van der Waals surface area contributed by atoms with Gasteiger partial charge in [-0.15, -0.1) is 11.3 Å². The fourth-order valence-corrected chi connectivity index (χ4v) is 3.18. The van der Waals surface area contributed by atoms with Crippen molar-refractivity contribution < 1.29 is 14.3 Å². The Bertz CT molecular complexity index is 604. The zero-order valence-corrected chi connectivity index (χ0v) is 13.1. The normalized spacial score (nSPS) is 11.0. The molecule has 0 spiro atoms. The number of ether oxygens (including phenoxy) is 2. The number of fused-ring (bicyclic) bond motifs is 1. The molecule has 6 heteroatoms. The molecule has 1 aromatic heterocycles. The van der Waals surface area contributed by atoms with E-state index in [1.807, 2.05) is 24.3 Å². The SMILES string of the molecule is COCCN(CCOC)C(=O)c1sc2ccccc2c1N. The first kappa shape index (κ1) is 15.8. The third-order valence-electron chi connectivity index (χ3n) is 3.25. The largest absolute Gasteiger partial charge is 0.397 e. The standard InChI is InChI=1S/C15H20N2O3S/c1-19-9-7-17(8-10-20-2)15(18)14-13(16)11-5-3-4-6-12(11)21-14/h3-6H,7-10,16H2,1-2H3. The Labute approximate surface area is 128 Å². The fraction of sp³-hybridized carbons (Fsp3) is 0.400. The van der Waals surface area contributed by atoms with Gasteiger partial charge in [-0.3, -0.25) is 4.79 Å². The summed E-state index contributed by atoms with van der Waals surface area (Å²) in [5.74, 6) is -0.0669. The van der Waals surface area contributed by atoms with Gasteiger partial charge in [0.05, 0.1) is 18.9 Å². The smallest absolute Gasteiger partial charge is 0.266 e. The van der Waals surface area contributed by atoms with Gasteiger partial charge in [-0.05, 0) is 6.07 Å². The Balaban J connectivity index is 2.26. The highest BCUT2D eigenvalue weighted by Gasteiger charge is 2.21. The number of carbonyl (C=O) groups excluding carboxylic acids is 1. The lowest BCUT2D eigenvalue weighted by Crippen LogP contribution is -2.36. The molecule has 0 bridgehead atoms. The van der Waals surface area contributed by atoms with E-state index in [4.69, 9.17) is 15.2 Å². The Morgan fingerprint density at radius 3 is 2.38 bits per heavy atom. The minimum Gasteiger partial charge on any atom is -0.397 e. The highest BCUT2D eigenvalue weighted by atomic mass is 32.1. The second-order valence-corrected chi connectivity index (χ2v) is 5.67. The van der Waals surface area contributed by atoms with Crippen molar-refractivity contribution in [3.63, 3.8) is 0 Å². The van der Waals surface area contributed by atoms with E-state index < -0.39 is 0 Å². The van der Waals surface area contributed by atoms with E-state index in [2.05, 4.69) is 0 Å². The van der Waals surface area contributed by atoms with Gasteiger partial charge >= 0.3 is 0 Å². The van der Waals surface area contributed by atoms with Crippen molar-refractivity contribution in [1.82, 2.24) is 4.90 Å². The number of amides is 1. The van der Waals surface area contributed by atoms with Gasteiger partial charge in [-0.25, -0.2) is 0 Å². The van der Waals surface area contributed by atoms with Gasteiger partial charge in [0.2, 0.25) is 0 Å². The van der Waals surface area contributed by atoms with Crippen LogP contribution in [0.2, 0.25) is 0 Å². The maximum atomic E-state index is 12.7. The number of nitrogens with two attached hydrogens (primary N) is 1. The topological polar surface area (TPSA) is 64.8 Å². The number of nitrogens with zero attached hydrogens (tertiary/aromatic N) is 1. The number of thiophene rings is 1. The molecule has 0 aliphatic heterocycles. The first-order chi connectivity index (χ1) is 10.2. The van der Waals surface area contributed by atoms with Crippen molar-refractivity contribution >= 4 is 33.0 Å². The molecule has 0 aliphatic rings. The van der Waals surface area contributed by atoms with Gasteiger partial charge in [-0.1, -0.05) is 18.2 Å². The van der Waals surface area contributed by atoms with Gasteiger partial charge in [0.1, 0.15) is 4.88 Å². The third kappa shape index (κ3) is 3.53. The zero-order chi connectivity index (χ0) is 15.2. The first-order valence-corrected chi connectivity index (χ1v) is 7.54. The summed E-state index contributed by atoms with van der Waals surface area (Å²) in [5.41, 5.74) is 6.69. The maximum Gasteiger partial charge on any atom is 0.266 e. The molecular weight excluding hydrogens is 288 g/mol. The quantitative estimate of drug-likeness (QED) is 0.852. The number of hydrogen-bond donors (Lipinski definition) is 1. The molecule has 114 valence electrons. The average Bonchev–Trinajstić information content (AvgIpc) is 2.84. The molecule has 0 saturated carbocycles. The lowest BCUT2D eigenvalue weighted by atomic mass is 10.2. The molecule has 0 unspecified atom stereocenters. The highest BCUT2D eigenvalue weighted by molar-refractivity contribution is 7.21. The van der Waals surface area contributed by atoms with Crippen LogP contribution in [-0.2, 0) is 9.47 Å². The van der Waals surface area contributed by atoms with Crippen LogP contribution in [0.3, 0.4) is 0 Å². The minimum atomic E-state index is -0.0669. The van der Waals surface area contributed by atoms with Gasteiger partial charge in [0.25, 0.3) is 5.91 Å². The van der Waals surface area contributed by atoms with Gasteiger partial charge in [0.15, 0.2) is 0 Å². The van der Waals surface area contributed by atoms with Gasteiger partial charge in [0, 0.05) is 37.4 Å². The minimum absolute atomic E-state index is 0.0669. The number of hydrogen-bond acceptors (Lipinski definition) is 5. The Morgan fingerprint density at radius 1 is 1.19 bits per heavy atom. The summed E-state index contributed by atoms with van der Waals surface area (Å²) in [4.78, 5) is 15.0. The molecule has 2 aromatic rings. The van der Waals surface area contributed by atoms with Crippen LogP contribution < -0.4 is 5.73 Å². The van der Waals surface area contributed by atoms with E-state index in [0.29, 0.717) is 36.9 Å². The number of carbonyl (C=O) groups is 1. The first-order valence-electron chi connectivity index (χ1n) is 6.73. The van der Waals surface area contributed by atoms with Crippen LogP contribution >= 0.6 is 11.3 Å². The summed E-state index contributed by atoms with van der Waals surface area (Å²) in [7, 11) is 3.24. The van der Waals surface area contributed by atoms with Crippen LogP contribution in [0, 0.1) is 0 Å². The second-order valence-electron chi connectivity index (χ2n) is 4.62. The maximum absolute atomic E-state index is 12.7. The summed E-state index contributed by atoms with van der Waals surface area (Å²) in [6.07, 6.45) is 0. The molecule has 1 amide bonds. The Kier molecular flexibility index (Phi) is 5.55. The summed E-state index contributed by atoms with van der Waals surface area (Å²) in [5, 5.41) is 0.935. The summed E-state index contributed by atoms with van der Waals surface area (Å²) >= 11 is 1.43. The lowest BCUT2D eigenvalue weighted by molar-refractivity contribution is 0.0633. The zero-order valence-electron chi connectivity index (χ0n) is 12.3. The molecule has 21 heavy (non-hydrogen) atoms. The molecule has 2 rings (SSSR count). The molecule has 0 radical (unpaired) electrons. The van der Waals surface area contributed by atoms with Crippen LogP contribution in [0.15, 0.2) is 24.3 Å². The molecule has 1 heterocycles. The molecule has 0 aliphatic carbocycles. The van der Waals surface area contributed by atoms with Crippen LogP contribution in [0.25, 0.3) is 10.1 Å². The summed E-state index contributed by atoms with van der Waals surface area (Å²) in [6, 6.07) is 7.78. The van der Waals surface area contributed by atoms with E-state index in [1.54, 1.807) is 19.1 Å². The third-order valence-corrected chi connectivity index (χ3v) is 4.42. The Morgan fingerprint density at radius 2 is 1.81 bits per heavy atom. The van der Waals surface area contributed by atoms with E-state index >= 15 is 0 Å². The van der Waals surface area contributed by atoms with Crippen molar-refractivity contribution in [2.75, 3.05) is 46.3 Å². The van der Waals surface area contributed by atoms with Crippen LogP contribution in [0.1, 0.15) is 9.67 Å². The van der Waals surface area contributed by atoms with Crippen LogP contribution in [0.4, 0.5) is 5.69 Å². The second kappa shape index (κ2) is 7.40. The number of methoxy groups -OCH3 is 2. The number of anilines is 1. The Hall–Kier alpha value is -1.63. The molecular formula is C15H20N2O3S. The summed E-state index contributed by atoms with van der Waals surface area (Å²) in [6.45, 7) is 2.01. The molecule has 1 aromatic carbocycles. The van der Waals surface area contributed by atoms with E-state index in [1.165, 1.54) is 11.3 Å².